The Morgan fingerprint density at radius 3 is 2.55 bits per heavy atom. The van der Waals surface area contributed by atoms with Gasteiger partial charge in [-0.15, -0.1) is 0 Å². The Kier molecular flexibility index (Phi) is 6.87. The van der Waals surface area contributed by atoms with Crippen molar-refractivity contribution in [3.63, 3.8) is 0 Å². The summed E-state index contributed by atoms with van der Waals surface area (Å²) < 4.78 is 14.2. The van der Waals surface area contributed by atoms with E-state index in [1.165, 1.54) is 18.4 Å². The van der Waals surface area contributed by atoms with Crippen LogP contribution in [0.15, 0.2) is 47.1 Å². The van der Waals surface area contributed by atoms with Gasteiger partial charge in [0.2, 0.25) is 0 Å². The Labute approximate surface area is 204 Å². The predicted octanol–water partition coefficient (Wildman–Crippen LogP) is 7.23. The molecule has 1 atom stereocenters. The molecule has 2 heterocycles. The average Bonchev–Trinajstić information content (AvgIpc) is 3.21. The summed E-state index contributed by atoms with van der Waals surface area (Å²) in [5.41, 5.74) is 3.78. The van der Waals surface area contributed by atoms with Crippen molar-refractivity contribution < 1.29 is 14.3 Å². The maximum Gasteiger partial charge on any atom is 0.419 e. The number of aryl methyl sites for hydroxylation is 1. The zero-order valence-electron chi connectivity index (χ0n) is 20.2. The monoisotopic (exact) mass is 512 g/mol. The smallest absolute Gasteiger partial charge is 0.419 e. The van der Waals surface area contributed by atoms with Gasteiger partial charge >= 0.3 is 6.09 Å². The Bertz CT molecular complexity index is 1140. The number of benzene rings is 2. The van der Waals surface area contributed by atoms with E-state index in [0.717, 1.165) is 51.8 Å². The standard InChI is InChI=1S/C27H33BrN2O3/c1-18-16-24(32-5)22(21-13-15-30(25(18)21)26(31)33-27(2,3)4)17-29-14-7-6-8-23(29)19-9-11-20(28)12-10-19/h9-13,15-16,23H,6-8,14,17H2,1-5H3. The van der Waals surface area contributed by atoms with E-state index in [2.05, 4.69) is 45.1 Å². The van der Waals surface area contributed by atoms with E-state index in [1.807, 2.05) is 46.0 Å². The summed E-state index contributed by atoms with van der Waals surface area (Å²) in [6.45, 7) is 9.47. The third-order valence-corrected chi connectivity index (χ3v) is 6.80. The molecule has 0 saturated carbocycles. The van der Waals surface area contributed by atoms with E-state index < -0.39 is 5.60 Å². The van der Waals surface area contributed by atoms with Crippen LogP contribution >= 0.6 is 15.9 Å². The summed E-state index contributed by atoms with van der Waals surface area (Å²) in [7, 11) is 1.72. The quantitative estimate of drug-likeness (QED) is 0.369. The number of halogens is 1. The van der Waals surface area contributed by atoms with Gasteiger partial charge in [-0.3, -0.25) is 9.47 Å². The molecule has 1 aliphatic rings. The van der Waals surface area contributed by atoms with Crippen LogP contribution in [0, 0.1) is 6.92 Å². The number of likely N-dealkylation sites (tertiary alicyclic amines) is 1. The van der Waals surface area contributed by atoms with Crippen molar-refractivity contribution in [1.29, 1.82) is 0 Å². The third-order valence-electron chi connectivity index (χ3n) is 6.27. The van der Waals surface area contributed by atoms with Crippen LogP contribution in [-0.2, 0) is 11.3 Å². The number of hydrogen-bond acceptors (Lipinski definition) is 4. The zero-order valence-corrected chi connectivity index (χ0v) is 21.7. The van der Waals surface area contributed by atoms with E-state index in [4.69, 9.17) is 9.47 Å². The number of ether oxygens (including phenoxy) is 2. The first-order chi connectivity index (χ1) is 15.7. The van der Waals surface area contributed by atoms with Crippen LogP contribution in [0.2, 0.25) is 0 Å². The first-order valence-electron chi connectivity index (χ1n) is 11.6. The number of fused-ring (bicyclic) bond motifs is 1. The normalized spacial score (nSPS) is 17.3. The van der Waals surface area contributed by atoms with Gasteiger partial charge in [0.05, 0.1) is 12.6 Å². The molecule has 0 aliphatic carbocycles. The minimum absolute atomic E-state index is 0.359. The molecule has 0 radical (unpaired) electrons. The van der Waals surface area contributed by atoms with Gasteiger partial charge in [0.25, 0.3) is 0 Å². The number of methoxy groups -OCH3 is 1. The lowest BCUT2D eigenvalue weighted by Crippen LogP contribution is -2.33. The summed E-state index contributed by atoms with van der Waals surface area (Å²) in [5, 5.41) is 1.04. The molecule has 5 nitrogen and oxygen atoms in total. The van der Waals surface area contributed by atoms with Gasteiger partial charge < -0.3 is 9.47 Å². The van der Waals surface area contributed by atoms with Gasteiger partial charge in [0.1, 0.15) is 11.4 Å². The molecule has 4 rings (SSSR count). The van der Waals surface area contributed by atoms with Crippen LogP contribution in [0.5, 0.6) is 5.75 Å². The molecular weight excluding hydrogens is 480 g/mol. The Balaban J connectivity index is 1.74. The second-order valence-electron chi connectivity index (χ2n) is 9.84. The molecule has 0 spiro atoms. The largest absolute Gasteiger partial charge is 0.496 e. The number of carbonyl (C=O) groups excluding carboxylic acids is 1. The second kappa shape index (κ2) is 9.51. The van der Waals surface area contributed by atoms with Crippen molar-refractivity contribution in [3.05, 3.63) is 63.8 Å². The topological polar surface area (TPSA) is 43.7 Å². The van der Waals surface area contributed by atoms with Crippen LogP contribution in [0.4, 0.5) is 4.79 Å². The molecule has 0 N–H and O–H groups in total. The Hall–Kier alpha value is -2.31. The Morgan fingerprint density at radius 1 is 1.15 bits per heavy atom. The lowest BCUT2D eigenvalue weighted by atomic mass is 9.94. The van der Waals surface area contributed by atoms with Crippen molar-refractivity contribution >= 4 is 32.9 Å². The van der Waals surface area contributed by atoms with Crippen LogP contribution in [0.25, 0.3) is 10.9 Å². The molecular formula is C27H33BrN2O3. The highest BCUT2D eigenvalue weighted by atomic mass is 79.9. The third kappa shape index (κ3) is 5.12. The molecule has 33 heavy (non-hydrogen) atoms. The average molecular weight is 513 g/mol. The Morgan fingerprint density at radius 2 is 1.88 bits per heavy atom. The fourth-order valence-corrected chi connectivity index (χ4v) is 5.08. The summed E-state index contributed by atoms with van der Waals surface area (Å²) in [6.07, 6.45) is 5.01. The summed E-state index contributed by atoms with van der Waals surface area (Å²) in [4.78, 5) is 15.4. The lowest BCUT2D eigenvalue weighted by Gasteiger charge is -2.36. The first-order valence-corrected chi connectivity index (χ1v) is 12.4. The van der Waals surface area contributed by atoms with Crippen LogP contribution in [0.1, 0.15) is 62.8 Å². The molecule has 2 aromatic carbocycles. The van der Waals surface area contributed by atoms with Gasteiger partial charge in [-0.2, -0.15) is 0 Å². The van der Waals surface area contributed by atoms with E-state index in [0.29, 0.717) is 6.04 Å². The second-order valence-corrected chi connectivity index (χ2v) is 10.8. The molecule has 176 valence electrons. The fraction of sp³-hybridized carbons (Fsp3) is 0.444. The number of carbonyl (C=O) groups is 1. The number of hydrogen-bond donors (Lipinski definition) is 0. The summed E-state index contributed by atoms with van der Waals surface area (Å²) in [5.74, 6) is 0.863. The highest BCUT2D eigenvalue weighted by Crippen LogP contribution is 2.38. The molecule has 1 aromatic heterocycles. The van der Waals surface area contributed by atoms with Crippen molar-refractivity contribution in [2.24, 2.45) is 0 Å². The maximum absolute atomic E-state index is 12.9. The fourth-order valence-electron chi connectivity index (χ4n) is 4.82. The lowest BCUT2D eigenvalue weighted by molar-refractivity contribution is 0.0544. The van der Waals surface area contributed by atoms with Crippen LogP contribution < -0.4 is 4.74 Å². The predicted molar refractivity (Wildman–Crippen MR) is 136 cm³/mol. The van der Waals surface area contributed by atoms with Gasteiger partial charge in [0.15, 0.2) is 0 Å². The zero-order chi connectivity index (χ0) is 23.8. The molecule has 3 aromatic rings. The molecule has 6 heteroatoms. The molecule has 1 fully saturated rings. The maximum atomic E-state index is 12.9. The highest BCUT2D eigenvalue weighted by molar-refractivity contribution is 9.10. The van der Waals surface area contributed by atoms with E-state index in [1.54, 1.807) is 11.7 Å². The van der Waals surface area contributed by atoms with E-state index in [9.17, 15) is 4.79 Å². The van der Waals surface area contributed by atoms with Crippen LogP contribution in [0.3, 0.4) is 0 Å². The van der Waals surface area contributed by atoms with Crippen LogP contribution in [-0.4, -0.2) is 34.8 Å². The van der Waals surface area contributed by atoms with E-state index in [-0.39, 0.29) is 6.09 Å². The van der Waals surface area contributed by atoms with Gasteiger partial charge in [0, 0.05) is 34.2 Å². The number of rotatable bonds is 4. The summed E-state index contributed by atoms with van der Waals surface area (Å²) in [6, 6.07) is 13.1. The summed E-state index contributed by atoms with van der Waals surface area (Å²) >= 11 is 3.55. The van der Waals surface area contributed by atoms with Gasteiger partial charge in [-0.25, -0.2) is 4.79 Å². The minimum atomic E-state index is -0.553. The molecule has 0 amide bonds. The SMILES string of the molecule is COc1cc(C)c2c(ccn2C(=O)OC(C)(C)C)c1CN1CCCCC1c1ccc(Br)cc1. The minimum Gasteiger partial charge on any atom is -0.496 e. The van der Waals surface area contributed by atoms with E-state index >= 15 is 0 Å². The van der Waals surface area contributed by atoms with Gasteiger partial charge in [-0.1, -0.05) is 34.5 Å². The molecule has 1 saturated heterocycles. The highest BCUT2D eigenvalue weighted by Gasteiger charge is 2.27. The first kappa shape index (κ1) is 23.8. The number of aromatic nitrogens is 1. The van der Waals surface area contributed by atoms with Gasteiger partial charge in [-0.05, 0) is 82.5 Å². The van der Waals surface area contributed by atoms with Crippen molar-refractivity contribution in [3.8, 4) is 5.75 Å². The van der Waals surface area contributed by atoms with Crippen molar-refractivity contribution in [2.75, 3.05) is 13.7 Å². The van der Waals surface area contributed by atoms with Crippen molar-refractivity contribution in [1.82, 2.24) is 9.47 Å². The number of piperidine rings is 1. The molecule has 0 bridgehead atoms. The number of nitrogens with zero attached hydrogens (tertiary/aromatic N) is 2. The molecule has 1 aliphatic heterocycles. The van der Waals surface area contributed by atoms with Crippen molar-refractivity contribution in [2.45, 2.75) is 65.1 Å². The molecule has 1 unspecified atom stereocenters.